The lowest BCUT2D eigenvalue weighted by Crippen LogP contribution is -1.91. The van der Waals surface area contributed by atoms with Crippen molar-refractivity contribution in [3.8, 4) is 0 Å². The molecule has 0 saturated carbocycles. The minimum absolute atomic E-state index is 0.639. The van der Waals surface area contributed by atoms with E-state index in [4.69, 9.17) is 5.73 Å². The second-order valence-corrected chi connectivity index (χ2v) is 5.40. The molecule has 2 N–H and O–H groups in total. The van der Waals surface area contributed by atoms with E-state index in [2.05, 4.69) is 52.0 Å². The molecule has 0 amide bonds. The Balaban J connectivity index is 3.86. The van der Waals surface area contributed by atoms with Crippen molar-refractivity contribution in [1.82, 2.24) is 0 Å². The fourth-order valence-corrected chi connectivity index (χ4v) is 1.80. The minimum Gasteiger partial charge on any atom is -0.327 e. The molecule has 1 nitrogen and oxygen atoms in total. The Morgan fingerprint density at radius 2 is 1.37 bits per heavy atom. The van der Waals surface area contributed by atoms with E-state index >= 15 is 0 Å². The summed E-state index contributed by atoms with van der Waals surface area (Å²) in [4.78, 5) is 0. The van der Waals surface area contributed by atoms with Gasteiger partial charge in [-0.15, -0.1) is 0 Å². The highest BCUT2D eigenvalue weighted by Crippen LogP contribution is 2.11. The first-order valence-electron chi connectivity index (χ1n) is 7.36. The molecule has 0 aliphatic heterocycles. The largest absolute Gasteiger partial charge is 0.327 e. The van der Waals surface area contributed by atoms with Crippen LogP contribution in [0.4, 0.5) is 0 Å². The van der Waals surface area contributed by atoms with E-state index in [9.17, 15) is 0 Å². The van der Waals surface area contributed by atoms with Gasteiger partial charge in [0.1, 0.15) is 0 Å². The lowest BCUT2D eigenvalue weighted by molar-refractivity contribution is 0.915. The summed E-state index contributed by atoms with van der Waals surface area (Å²) in [5.41, 5.74) is 9.79. The van der Waals surface area contributed by atoms with Crippen LogP contribution in [0.15, 0.2) is 47.1 Å². The van der Waals surface area contributed by atoms with Crippen molar-refractivity contribution in [3.63, 3.8) is 0 Å². The topological polar surface area (TPSA) is 26.0 Å². The van der Waals surface area contributed by atoms with Crippen molar-refractivity contribution in [1.29, 1.82) is 0 Å². The van der Waals surface area contributed by atoms with Crippen molar-refractivity contribution in [2.75, 3.05) is 6.54 Å². The van der Waals surface area contributed by atoms with E-state index in [1.165, 1.54) is 29.6 Å². The SMILES string of the molecule is CC(C)=CCCC(C)=CCCC(C)=CCC=CCN. The van der Waals surface area contributed by atoms with Gasteiger partial charge in [-0.2, -0.15) is 0 Å². The Hall–Kier alpha value is -1.08. The Kier molecular flexibility index (Phi) is 11.3. The molecule has 0 aliphatic carbocycles. The maximum atomic E-state index is 5.40. The number of hydrogen-bond donors (Lipinski definition) is 1. The maximum absolute atomic E-state index is 5.40. The van der Waals surface area contributed by atoms with Crippen molar-refractivity contribution in [3.05, 3.63) is 47.1 Å². The third kappa shape index (κ3) is 13.2. The summed E-state index contributed by atoms with van der Waals surface area (Å²) in [5, 5.41) is 0. The summed E-state index contributed by atoms with van der Waals surface area (Å²) in [6, 6.07) is 0. The van der Waals surface area contributed by atoms with Gasteiger partial charge in [-0.3, -0.25) is 0 Å². The molecular formula is C18H31N. The molecule has 1 heteroatoms. The molecule has 0 bridgehead atoms. The average Bonchev–Trinajstić information content (AvgIpc) is 2.34. The molecule has 0 spiro atoms. The molecule has 0 aromatic heterocycles. The quantitative estimate of drug-likeness (QED) is 0.559. The van der Waals surface area contributed by atoms with E-state index in [0.717, 1.165) is 19.3 Å². The Morgan fingerprint density at radius 3 is 1.95 bits per heavy atom. The second-order valence-electron chi connectivity index (χ2n) is 5.40. The zero-order valence-corrected chi connectivity index (χ0v) is 13.2. The van der Waals surface area contributed by atoms with Gasteiger partial charge in [0.2, 0.25) is 0 Å². The number of nitrogens with two attached hydrogens (primary N) is 1. The zero-order chi connectivity index (χ0) is 14.5. The molecule has 19 heavy (non-hydrogen) atoms. The van der Waals surface area contributed by atoms with Gasteiger partial charge in [-0.05, 0) is 59.8 Å². The van der Waals surface area contributed by atoms with Gasteiger partial charge < -0.3 is 5.73 Å². The summed E-state index contributed by atoms with van der Waals surface area (Å²) < 4.78 is 0. The summed E-state index contributed by atoms with van der Waals surface area (Å²) in [5.74, 6) is 0. The molecule has 108 valence electrons. The van der Waals surface area contributed by atoms with Crippen LogP contribution in [0.1, 0.15) is 59.8 Å². The third-order valence-electron chi connectivity index (χ3n) is 3.03. The molecule has 0 radical (unpaired) electrons. The smallest absolute Gasteiger partial charge is 0.0106 e. The van der Waals surface area contributed by atoms with Crippen molar-refractivity contribution < 1.29 is 0 Å². The van der Waals surface area contributed by atoms with E-state index in [0.29, 0.717) is 6.54 Å². The van der Waals surface area contributed by atoms with E-state index in [-0.39, 0.29) is 0 Å². The normalized spacial score (nSPS) is 13.1. The molecule has 0 aromatic carbocycles. The van der Waals surface area contributed by atoms with Crippen molar-refractivity contribution in [2.45, 2.75) is 59.8 Å². The second kappa shape index (κ2) is 12.0. The van der Waals surface area contributed by atoms with Gasteiger partial charge in [0.25, 0.3) is 0 Å². The van der Waals surface area contributed by atoms with E-state index < -0.39 is 0 Å². The summed E-state index contributed by atoms with van der Waals surface area (Å²) >= 11 is 0. The van der Waals surface area contributed by atoms with Crippen LogP contribution in [-0.4, -0.2) is 6.54 Å². The minimum atomic E-state index is 0.639. The average molecular weight is 261 g/mol. The fraction of sp³-hybridized carbons (Fsp3) is 0.556. The van der Waals surface area contributed by atoms with Gasteiger partial charge in [0, 0.05) is 6.54 Å². The summed E-state index contributed by atoms with van der Waals surface area (Å²) in [6.45, 7) is 9.41. The van der Waals surface area contributed by atoms with Gasteiger partial charge in [0.15, 0.2) is 0 Å². The van der Waals surface area contributed by atoms with Crippen LogP contribution in [0.5, 0.6) is 0 Å². The molecule has 0 aliphatic rings. The van der Waals surface area contributed by atoms with Crippen LogP contribution in [0, 0.1) is 0 Å². The predicted molar refractivity (Wildman–Crippen MR) is 88.2 cm³/mol. The third-order valence-corrected chi connectivity index (χ3v) is 3.03. The Bertz CT molecular complexity index is 339. The monoisotopic (exact) mass is 261 g/mol. The van der Waals surface area contributed by atoms with Crippen LogP contribution in [0.3, 0.4) is 0 Å². The fourth-order valence-electron chi connectivity index (χ4n) is 1.80. The first-order chi connectivity index (χ1) is 9.06. The Labute approximate surface area is 120 Å². The van der Waals surface area contributed by atoms with Gasteiger partial charge in [0.05, 0.1) is 0 Å². The maximum Gasteiger partial charge on any atom is 0.0106 e. The van der Waals surface area contributed by atoms with Crippen LogP contribution < -0.4 is 5.73 Å². The van der Waals surface area contributed by atoms with E-state index in [1.807, 2.05) is 6.08 Å². The van der Waals surface area contributed by atoms with Crippen LogP contribution in [0.25, 0.3) is 0 Å². The first kappa shape index (κ1) is 17.9. The number of allylic oxidation sites excluding steroid dienone is 7. The summed E-state index contributed by atoms with van der Waals surface area (Å²) in [7, 11) is 0. The van der Waals surface area contributed by atoms with Gasteiger partial charge in [-0.25, -0.2) is 0 Å². The standard InChI is InChI=1S/C18H31N/c1-16(2)10-8-12-18(4)14-9-13-17(3)11-6-5-7-15-19/h5,7,10-11,14H,6,8-9,12-13,15,19H2,1-4H3. The Morgan fingerprint density at radius 1 is 0.789 bits per heavy atom. The molecule has 0 fully saturated rings. The van der Waals surface area contributed by atoms with Crippen LogP contribution >= 0.6 is 0 Å². The van der Waals surface area contributed by atoms with Gasteiger partial charge >= 0.3 is 0 Å². The molecule has 0 heterocycles. The first-order valence-corrected chi connectivity index (χ1v) is 7.36. The highest BCUT2D eigenvalue weighted by atomic mass is 14.5. The van der Waals surface area contributed by atoms with Crippen LogP contribution in [-0.2, 0) is 0 Å². The van der Waals surface area contributed by atoms with Crippen molar-refractivity contribution >= 4 is 0 Å². The highest BCUT2D eigenvalue weighted by molar-refractivity contribution is 5.06. The molecule has 0 rings (SSSR count). The lowest BCUT2D eigenvalue weighted by Gasteiger charge is -2.01. The number of rotatable bonds is 9. The molecular weight excluding hydrogens is 230 g/mol. The molecule has 0 unspecified atom stereocenters. The summed E-state index contributed by atoms with van der Waals surface area (Å²) in [6.07, 6.45) is 16.8. The molecule has 0 aromatic rings. The molecule has 0 atom stereocenters. The molecule has 0 saturated heterocycles. The van der Waals surface area contributed by atoms with E-state index in [1.54, 1.807) is 0 Å². The number of hydrogen-bond acceptors (Lipinski definition) is 1. The van der Waals surface area contributed by atoms with Crippen molar-refractivity contribution in [2.24, 2.45) is 5.73 Å². The lowest BCUT2D eigenvalue weighted by atomic mass is 10.1. The highest BCUT2D eigenvalue weighted by Gasteiger charge is 1.91. The van der Waals surface area contributed by atoms with Crippen LogP contribution in [0.2, 0.25) is 0 Å². The zero-order valence-electron chi connectivity index (χ0n) is 13.2. The van der Waals surface area contributed by atoms with Gasteiger partial charge in [-0.1, -0.05) is 47.1 Å². The predicted octanol–water partition coefficient (Wildman–Crippen LogP) is 5.31.